The van der Waals surface area contributed by atoms with Crippen molar-refractivity contribution in [1.82, 2.24) is 15.1 Å². The van der Waals surface area contributed by atoms with Crippen LogP contribution in [-0.2, 0) is 19.4 Å². The van der Waals surface area contributed by atoms with E-state index in [0.717, 1.165) is 25.9 Å². The fraction of sp³-hybridized carbons (Fsp3) is 0.500. The van der Waals surface area contributed by atoms with Gasteiger partial charge in [0.2, 0.25) is 0 Å². The highest BCUT2D eigenvalue weighted by Crippen LogP contribution is 2.13. The van der Waals surface area contributed by atoms with Crippen LogP contribution in [0.3, 0.4) is 0 Å². The number of hydrogen-bond acceptors (Lipinski definition) is 2. The van der Waals surface area contributed by atoms with Crippen LogP contribution in [0.2, 0.25) is 0 Å². The van der Waals surface area contributed by atoms with Gasteiger partial charge in [-0.1, -0.05) is 25.1 Å². The molecule has 3 heteroatoms. The van der Waals surface area contributed by atoms with Crippen molar-refractivity contribution in [2.75, 3.05) is 6.54 Å². The Morgan fingerprint density at radius 3 is 2.48 bits per heavy atom. The largest absolute Gasteiger partial charge is 0.314 e. The number of rotatable bonds is 7. The Hall–Kier alpha value is -1.61. The highest BCUT2D eigenvalue weighted by molar-refractivity contribution is 5.30. The Bertz CT molecular complexity index is 572. The van der Waals surface area contributed by atoms with Gasteiger partial charge in [-0.3, -0.25) is 4.68 Å². The third-order valence-corrected chi connectivity index (χ3v) is 4.04. The summed E-state index contributed by atoms with van der Waals surface area (Å²) in [7, 11) is 0. The van der Waals surface area contributed by atoms with E-state index in [0.29, 0.717) is 6.04 Å². The van der Waals surface area contributed by atoms with Crippen LogP contribution in [0.25, 0.3) is 0 Å². The maximum absolute atomic E-state index is 4.37. The number of nitrogens with one attached hydrogen (secondary N) is 1. The van der Waals surface area contributed by atoms with E-state index in [1.807, 2.05) is 10.9 Å². The molecule has 1 unspecified atom stereocenters. The molecule has 0 aliphatic rings. The molecular formula is C18H27N3. The summed E-state index contributed by atoms with van der Waals surface area (Å²) in [5, 5.41) is 7.97. The molecule has 1 aromatic heterocycles. The number of benzene rings is 1. The van der Waals surface area contributed by atoms with Crippen LogP contribution in [0.1, 0.15) is 36.1 Å². The van der Waals surface area contributed by atoms with Gasteiger partial charge < -0.3 is 5.32 Å². The SMILES string of the molecule is CCNC(Cc1ccc(C)c(C)c1)Cc1cnn(CC)c1. The van der Waals surface area contributed by atoms with Gasteiger partial charge in [0.05, 0.1) is 6.20 Å². The average Bonchev–Trinajstić information content (AvgIpc) is 2.91. The van der Waals surface area contributed by atoms with Crippen LogP contribution in [0.5, 0.6) is 0 Å². The third-order valence-electron chi connectivity index (χ3n) is 4.04. The Labute approximate surface area is 128 Å². The molecule has 2 rings (SSSR count). The number of likely N-dealkylation sites (N-methyl/N-ethyl adjacent to an activating group) is 1. The molecule has 0 spiro atoms. The minimum Gasteiger partial charge on any atom is -0.314 e. The molecule has 1 aromatic carbocycles. The molecule has 0 bridgehead atoms. The number of nitrogens with zero attached hydrogens (tertiary/aromatic N) is 2. The van der Waals surface area contributed by atoms with E-state index < -0.39 is 0 Å². The molecule has 21 heavy (non-hydrogen) atoms. The lowest BCUT2D eigenvalue weighted by atomic mass is 9.98. The summed E-state index contributed by atoms with van der Waals surface area (Å²) < 4.78 is 1.99. The fourth-order valence-corrected chi connectivity index (χ4v) is 2.69. The minimum atomic E-state index is 0.464. The van der Waals surface area contributed by atoms with Gasteiger partial charge in [-0.05, 0) is 62.4 Å². The van der Waals surface area contributed by atoms with Crippen LogP contribution < -0.4 is 5.32 Å². The maximum atomic E-state index is 4.37. The van der Waals surface area contributed by atoms with Gasteiger partial charge in [-0.25, -0.2) is 0 Å². The van der Waals surface area contributed by atoms with E-state index >= 15 is 0 Å². The van der Waals surface area contributed by atoms with E-state index in [2.05, 4.69) is 62.5 Å². The van der Waals surface area contributed by atoms with Crippen LogP contribution in [0.15, 0.2) is 30.6 Å². The highest BCUT2D eigenvalue weighted by Gasteiger charge is 2.11. The first-order valence-electron chi connectivity index (χ1n) is 7.93. The van der Waals surface area contributed by atoms with Crippen LogP contribution in [0.4, 0.5) is 0 Å². The standard InChI is InChI=1S/C18H27N3/c1-5-19-18(11-17-12-20-21(6-2)13-17)10-16-8-7-14(3)15(4)9-16/h7-9,12-13,18-19H,5-6,10-11H2,1-4H3. The van der Waals surface area contributed by atoms with Crippen molar-refractivity contribution in [2.24, 2.45) is 0 Å². The van der Waals surface area contributed by atoms with Gasteiger partial charge in [0.1, 0.15) is 0 Å². The number of hydrogen-bond donors (Lipinski definition) is 1. The average molecular weight is 285 g/mol. The minimum absolute atomic E-state index is 0.464. The first kappa shape index (κ1) is 15.8. The molecule has 114 valence electrons. The molecular weight excluding hydrogens is 258 g/mol. The van der Waals surface area contributed by atoms with Gasteiger partial charge >= 0.3 is 0 Å². The topological polar surface area (TPSA) is 29.9 Å². The molecule has 1 atom stereocenters. The predicted molar refractivity (Wildman–Crippen MR) is 88.7 cm³/mol. The lowest BCUT2D eigenvalue weighted by Crippen LogP contribution is -2.33. The zero-order valence-corrected chi connectivity index (χ0v) is 13.7. The molecule has 0 aliphatic carbocycles. The Kier molecular flexibility index (Phi) is 5.57. The van der Waals surface area contributed by atoms with Gasteiger partial charge in [-0.15, -0.1) is 0 Å². The van der Waals surface area contributed by atoms with E-state index in [9.17, 15) is 0 Å². The zero-order chi connectivity index (χ0) is 15.2. The second kappa shape index (κ2) is 7.41. The highest BCUT2D eigenvalue weighted by atomic mass is 15.3. The first-order valence-corrected chi connectivity index (χ1v) is 7.93. The van der Waals surface area contributed by atoms with E-state index in [1.165, 1.54) is 22.3 Å². The molecule has 1 N–H and O–H groups in total. The number of aryl methyl sites for hydroxylation is 3. The smallest absolute Gasteiger partial charge is 0.0522 e. The summed E-state index contributed by atoms with van der Waals surface area (Å²) in [5.74, 6) is 0. The van der Waals surface area contributed by atoms with Gasteiger partial charge in [0, 0.05) is 18.8 Å². The van der Waals surface area contributed by atoms with Crippen LogP contribution >= 0.6 is 0 Å². The fourth-order valence-electron chi connectivity index (χ4n) is 2.69. The van der Waals surface area contributed by atoms with E-state index in [-0.39, 0.29) is 0 Å². The quantitative estimate of drug-likeness (QED) is 0.846. The molecule has 0 aliphatic heterocycles. The maximum Gasteiger partial charge on any atom is 0.0522 e. The third kappa shape index (κ3) is 4.43. The van der Waals surface area contributed by atoms with E-state index in [4.69, 9.17) is 0 Å². The Balaban J connectivity index is 2.05. The van der Waals surface area contributed by atoms with Crippen molar-refractivity contribution in [3.63, 3.8) is 0 Å². The van der Waals surface area contributed by atoms with Crippen molar-refractivity contribution >= 4 is 0 Å². The second-order valence-electron chi connectivity index (χ2n) is 5.79. The summed E-state index contributed by atoms with van der Waals surface area (Å²) in [6, 6.07) is 7.26. The summed E-state index contributed by atoms with van der Waals surface area (Å²) in [6.45, 7) is 10.6. The molecule has 2 aromatic rings. The first-order chi connectivity index (χ1) is 10.1. The summed E-state index contributed by atoms with van der Waals surface area (Å²) in [4.78, 5) is 0. The van der Waals surface area contributed by atoms with E-state index in [1.54, 1.807) is 0 Å². The molecule has 1 heterocycles. The molecule has 0 radical (unpaired) electrons. The predicted octanol–water partition coefficient (Wildman–Crippen LogP) is 3.28. The van der Waals surface area contributed by atoms with Gasteiger partial charge in [-0.2, -0.15) is 5.10 Å². The zero-order valence-electron chi connectivity index (χ0n) is 13.7. The van der Waals surface area contributed by atoms with Gasteiger partial charge in [0.15, 0.2) is 0 Å². The molecule has 0 fully saturated rings. The normalized spacial score (nSPS) is 12.6. The Morgan fingerprint density at radius 1 is 1.10 bits per heavy atom. The molecule has 0 saturated carbocycles. The van der Waals surface area contributed by atoms with Crippen LogP contribution in [-0.4, -0.2) is 22.4 Å². The molecule has 0 saturated heterocycles. The van der Waals surface area contributed by atoms with Crippen molar-refractivity contribution in [3.05, 3.63) is 52.8 Å². The van der Waals surface area contributed by atoms with Crippen LogP contribution in [0, 0.1) is 13.8 Å². The van der Waals surface area contributed by atoms with Gasteiger partial charge in [0.25, 0.3) is 0 Å². The lowest BCUT2D eigenvalue weighted by molar-refractivity contribution is 0.521. The van der Waals surface area contributed by atoms with Crippen molar-refractivity contribution in [1.29, 1.82) is 0 Å². The second-order valence-corrected chi connectivity index (χ2v) is 5.79. The summed E-state index contributed by atoms with van der Waals surface area (Å²) in [5.41, 5.74) is 5.46. The molecule has 3 nitrogen and oxygen atoms in total. The monoisotopic (exact) mass is 285 g/mol. The molecule has 0 amide bonds. The van der Waals surface area contributed by atoms with Crippen molar-refractivity contribution in [3.8, 4) is 0 Å². The Morgan fingerprint density at radius 2 is 1.86 bits per heavy atom. The van der Waals surface area contributed by atoms with Crippen molar-refractivity contribution < 1.29 is 0 Å². The summed E-state index contributed by atoms with van der Waals surface area (Å²) in [6.07, 6.45) is 6.24. The summed E-state index contributed by atoms with van der Waals surface area (Å²) >= 11 is 0. The number of aromatic nitrogens is 2. The lowest BCUT2D eigenvalue weighted by Gasteiger charge is -2.18. The van der Waals surface area contributed by atoms with Crippen molar-refractivity contribution in [2.45, 2.75) is 53.1 Å².